The van der Waals surface area contributed by atoms with Gasteiger partial charge in [0.2, 0.25) is 0 Å². The first-order chi connectivity index (χ1) is 24.8. The zero-order valence-corrected chi connectivity index (χ0v) is 27.7. The van der Waals surface area contributed by atoms with Crippen LogP contribution in [0.3, 0.4) is 0 Å². The summed E-state index contributed by atoms with van der Waals surface area (Å²) in [5, 5.41) is 4.99. The Bertz CT molecular complexity index is 2800. The van der Waals surface area contributed by atoms with Gasteiger partial charge in [-0.1, -0.05) is 140 Å². The molecule has 3 aromatic heterocycles. The van der Waals surface area contributed by atoms with Gasteiger partial charge < -0.3 is 4.57 Å². The van der Waals surface area contributed by atoms with E-state index in [1.165, 1.54) is 53.1 Å². The van der Waals surface area contributed by atoms with Crippen LogP contribution in [0.2, 0.25) is 0 Å². The van der Waals surface area contributed by atoms with Gasteiger partial charge in [-0.15, -0.1) is 11.3 Å². The maximum atomic E-state index is 4.97. The van der Waals surface area contributed by atoms with Crippen LogP contribution in [-0.2, 0) is 0 Å². The molecule has 0 aliphatic carbocycles. The monoisotopic (exact) mass is 656 g/mol. The molecule has 0 N–H and O–H groups in total. The number of thiophene rings is 1. The fourth-order valence-electron chi connectivity index (χ4n) is 7.04. The van der Waals surface area contributed by atoms with Gasteiger partial charge in [0.25, 0.3) is 0 Å². The van der Waals surface area contributed by atoms with E-state index in [0.29, 0.717) is 17.5 Å². The van der Waals surface area contributed by atoms with Crippen LogP contribution < -0.4 is 0 Å². The Hall–Kier alpha value is -6.43. The van der Waals surface area contributed by atoms with Crippen LogP contribution in [0.15, 0.2) is 170 Å². The second kappa shape index (κ2) is 11.6. The van der Waals surface area contributed by atoms with Crippen LogP contribution in [0.1, 0.15) is 0 Å². The van der Waals surface area contributed by atoms with Gasteiger partial charge in [-0.05, 0) is 41.5 Å². The maximum Gasteiger partial charge on any atom is 0.164 e. The van der Waals surface area contributed by atoms with Crippen LogP contribution >= 0.6 is 11.3 Å². The number of hydrogen-bond acceptors (Lipinski definition) is 4. The van der Waals surface area contributed by atoms with E-state index in [-0.39, 0.29) is 0 Å². The molecule has 234 valence electrons. The Morgan fingerprint density at radius 1 is 0.340 bits per heavy atom. The molecule has 0 fully saturated rings. The lowest BCUT2D eigenvalue weighted by molar-refractivity contribution is 1.07. The van der Waals surface area contributed by atoms with Crippen LogP contribution in [-0.4, -0.2) is 19.5 Å². The number of para-hydroxylation sites is 1. The summed E-state index contributed by atoms with van der Waals surface area (Å²) >= 11 is 1.81. The summed E-state index contributed by atoms with van der Waals surface area (Å²) in [6.45, 7) is 0. The molecule has 0 saturated heterocycles. The van der Waals surface area contributed by atoms with Crippen molar-refractivity contribution in [2.24, 2.45) is 0 Å². The highest BCUT2D eigenvalue weighted by Gasteiger charge is 2.17. The number of nitrogens with zero attached hydrogens (tertiary/aromatic N) is 4. The highest BCUT2D eigenvalue weighted by molar-refractivity contribution is 7.25. The number of benzene rings is 7. The summed E-state index contributed by atoms with van der Waals surface area (Å²) in [6, 6.07) is 59.8. The van der Waals surface area contributed by atoms with Gasteiger partial charge in [0.1, 0.15) is 0 Å². The Morgan fingerprint density at radius 3 is 1.52 bits per heavy atom. The second-order valence-electron chi connectivity index (χ2n) is 12.5. The molecule has 50 heavy (non-hydrogen) atoms. The second-order valence-corrected chi connectivity index (χ2v) is 13.6. The highest BCUT2D eigenvalue weighted by Crippen LogP contribution is 2.40. The van der Waals surface area contributed by atoms with Crippen molar-refractivity contribution in [2.45, 2.75) is 0 Å². The first-order valence-corrected chi connectivity index (χ1v) is 17.5. The molecule has 5 heteroatoms. The fraction of sp³-hybridized carbons (Fsp3) is 0. The molecule has 0 aliphatic rings. The molecular formula is C45H28N4S. The van der Waals surface area contributed by atoms with Crippen molar-refractivity contribution in [3.05, 3.63) is 170 Å². The molecule has 0 radical (unpaired) electrons. The van der Waals surface area contributed by atoms with Crippen molar-refractivity contribution in [1.29, 1.82) is 0 Å². The minimum atomic E-state index is 0.664. The third-order valence-electron chi connectivity index (χ3n) is 9.45. The smallest absolute Gasteiger partial charge is 0.164 e. The first-order valence-electron chi connectivity index (χ1n) is 16.7. The Balaban J connectivity index is 1.12. The van der Waals surface area contributed by atoms with E-state index in [0.717, 1.165) is 22.4 Å². The predicted molar refractivity (Wildman–Crippen MR) is 209 cm³/mol. The minimum absolute atomic E-state index is 0.664. The van der Waals surface area contributed by atoms with Crippen molar-refractivity contribution in [1.82, 2.24) is 19.5 Å². The van der Waals surface area contributed by atoms with Crippen molar-refractivity contribution in [3.8, 4) is 51.0 Å². The summed E-state index contributed by atoms with van der Waals surface area (Å²) in [6.07, 6.45) is 0. The Kier molecular flexibility index (Phi) is 6.64. The zero-order valence-electron chi connectivity index (χ0n) is 26.9. The van der Waals surface area contributed by atoms with E-state index in [1.54, 1.807) is 0 Å². The number of fused-ring (bicyclic) bond motifs is 6. The van der Waals surface area contributed by atoms with Gasteiger partial charge in [0.05, 0.1) is 11.0 Å². The average Bonchev–Trinajstić information content (AvgIpc) is 3.73. The summed E-state index contributed by atoms with van der Waals surface area (Å²) < 4.78 is 4.85. The van der Waals surface area contributed by atoms with Crippen molar-refractivity contribution in [2.75, 3.05) is 0 Å². The molecule has 0 spiro atoms. The Labute approximate surface area is 292 Å². The molecule has 3 heterocycles. The fourth-order valence-corrected chi connectivity index (χ4v) is 8.22. The van der Waals surface area contributed by atoms with Crippen LogP contribution in [0.5, 0.6) is 0 Å². The normalized spacial score (nSPS) is 11.6. The van der Waals surface area contributed by atoms with Gasteiger partial charge in [-0.3, -0.25) is 0 Å². The molecule has 0 unspecified atom stereocenters. The molecular weight excluding hydrogens is 629 g/mol. The largest absolute Gasteiger partial charge is 0.309 e. The number of rotatable bonds is 5. The lowest BCUT2D eigenvalue weighted by atomic mass is 10.0. The van der Waals surface area contributed by atoms with Gasteiger partial charge in [0, 0.05) is 53.3 Å². The van der Waals surface area contributed by atoms with Gasteiger partial charge >= 0.3 is 0 Å². The van der Waals surface area contributed by atoms with E-state index in [9.17, 15) is 0 Å². The first kappa shape index (κ1) is 28.6. The molecule has 10 aromatic rings. The molecule has 0 aliphatic heterocycles. The zero-order chi connectivity index (χ0) is 33.0. The highest BCUT2D eigenvalue weighted by atomic mass is 32.1. The van der Waals surface area contributed by atoms with Gasteiger partial charge in [-0.2, -0.15) is 0 Å². The quantitative estimate of drug-likeness (QED) is 0.185. The SMILES string of the molecule is c1ccc(-c2ccc3c4ccccc4n(-c4ccc5c(c4)sc4cc(-c6nc(-c7ccccc7)nc(-c7ccccc7)n6)ccc45)c3c2)cc1. The van der Waals surface area contributed by atoms with Crippen LogP contribution in [0.25, 0.3) is 93.0 Å². The van der Waals surface area contributed by atoms with Crippen LogP contribution in [0, 0.1) is 0 Å². The molecule has 0 atom stereocenters. The van der Waals surface area contributed by atoms with E-state index in [1.807, 2.05) is 72.0 Å². The molecule has 0 saturated carbocycles. The summed E-state index contributed by atoms with van der Waals surface area (Å²) in [7, 11) is 0. The number of aromatic nitrogens is 4. The van der Waals surface area contributed by atoms with E-state index >= 15 is 0 Å². The van der Waals surface area contributed by atoms with Crippen molar-refractivity contribution < 1.29 is 0 Å². The topological polar surface area (TPSA) is 43.6 Å². The molecule has 0 bridgehead atoms. The van der Waals surface area contributed by atoms with E-state index in [4.69, 9.17) is 15.0 Å². The minimum Gasteiger partial charge on any atom is -0.309 e. The van der Waals surface area contributed by atoms with Crippen molar-refractivity contribution in [3.63, 3.8) is 0 Å². The molecule has 7 aromatic carbocycles. The summed E-state index contributed by atoms with van der Waals surface area (Å²) in [4.78, 5) is 14.8. The maximum absolute atomic E-state index is 4.97. The average molecular weight is 657 g/mol. The van der Waals surface area contributed by atoms with Gasteiger partial charge in [-0.25, -0.2) is 15.0 Å². The van der Waals surface area contributed by atoms with Crippen LogP contribution in [0.4, 0.5) is 0 Å². The number of hydrogen-bond donors (Lipinski definition) is 0. The third kappa shape index (κ3) is 4.79. The molecule has 4 nitrogen and oxygen atoms in total. The van der Waals surface area contributed by atoms with E-state index < -0.39 is 0 Å². The lowest BCUT2D eigenvalue weighted by Crippen LogP contribution is -1.99. The predicted octanol–water partition coefficient (Wildman–Crippen LogP) is 12.0. The van der Waals surface area contributed by atoms with E-state index in [2.05, 4.69) is 114 Å². The van der Waals surface area contributed by atoms with Gasteiger partial charge in [0.15, 0.2) is 17.5 Å². The van der Waals surface area contributed by atoms with Crippen molar-refractivity contribution >= 4 is 53.3 Å². The molecule has 10 rings (SSSR count). The molecule has 0 amide bonds. The lowest BCUT2D eigenvalue weighted by Gasteiger charge is -2.09. The third-order valence-corrected chi connectivity index (χ3v) is 10.6. The standard InChI is InChI=1S/C45H28N4S/c1-4-12-29(13-5-1)32-20-23-36-35-18-10-11-19-39(35)49(40(36)26-32)34-22-25-38-37-24-21-33(27-41(37)50-42(38)28-34)45-47-43(30-14-6-2-7-15-30)46-44(48-45)31-16-8-3-9-17-31/h1-28H. The summed E-state index contributed by atoms with van der Waals surface area (Å²) in [5.41, 5.74) is 8.88. The Morgan fingerprint density at radius 2 is 0.840 bits per heavy atom. The summed E-state index contributed by atoms with van der Waals surface area (Å²) in [5.74, 6) is 1.99.